The molecule has 1 saturated heterocycles. The highest BCUT2D eigenvalue weighted by molar-refractivity contribution is 5.90. The molecule has 1 amide bonds. The molecule has 0 aromatic carbocycles. The van der Waals surface area contributed by atoms with Gasteiger partial charge >= 0.3 is 0 Å². The summed E-state index contributed by atoms with van der Waals surface area (Å²) in [6.45, 7) is 0.953. The van der Waals surface area contributed by atoms with Crippen molar-refractivity contribution < 1.29 is 14.1 Å². The molecule has 1 aromatic heterocycles. The summed E-state index contributed by atoms with van der Waals surface area (Å²) in [5, 5.41) is 9.98. The van der Waals surface area contributed by atoms with E-state index in [9.17, 15) is 4.79 Å². The number of nitrogens with zero attached hydrogens (tertiary/aromatic N) is 2. The van der Waals surface area contributed by atoms with Crippen molar-refractivity contribution in [2.24, 2.45) is 0 Å². The Kier molecular flexibility index (Phi) is 3.98. The van der Waals surface area contributed by atoms with E-state index in [1.54, 1.807) is 7.11 Å². The fraction of sp³-hybridized carbons (Fsp3) is 0.769. The van der Waals surface area contributed by atoms with E-state index in [2.05, 4.69) is 20.8 Å². The summed E-state index contributed by atoms with van der Waals surface area (Å²) in [6, 6.07) is 0.229. The number of carbonyl (C=O) groups excluding carboxylic acids is 1. The van der Waals surface area contributed by atoms with Crippen LogP contribution in [0.3, 0.4) is 0 Å². The van der Waals surface area contributed by atoms with Gasteiger partial charge in [0.1, 0.15) is 0 Å². The smallest absolute Gasteiger partial charge is 0.292 e. The van der Waals surface area contributed by atoms with Gasteiger partial charge in [0.2, 0.25) is 5.89 Å². The quantitative estimate of drug-likeness (QED) is 0.847. The molecule has 7 heteroatoms. The van der Waals surface area contributed by atoms with Gasteiger partial charge in [0.05, 0.1) is 12.1 Å². The van der Waals surface area contributed by atoms with E-state index in [0.717, 1.165) is 38.6 Å². The lowest BCUT2D eigenvalue weighted by molar-refractivity contribution is 0.0903. The van der Waals surface area contributed by atoms with Crippen molar-refractivity contribution in [3.05, 3.63) is 11.7 Å². The number of ether oxygens (including phenoxy) is 1. The number of amides is 1. The zero-order chi connectivity index (χ0) is 13.9. The van der Waals surface area contributed by atoms with E-state index in [0.29, 0.717) is 5.89 Å². The molecule has 1 saturated carbocycles. The summed E-state index contributed by atoms with van der Waals surface area (Å²) in [6.07, 6.45) is 5.06. The second-order valence-corrected chi connectivity index (χ2v) is 5.45. The number of carbonyl (C=O) groups is 1. The van der Waals surface area contributed by atoms with Crippen molar-refractivity contribution in [2.75, 3.05) is 13.7 Å². The molecule has 2 heterocycles. The molecule has 2 fully saturated rings. The van der Waals surface area contributed by atoms with Crippen LogP contribution in [-0.2, 0) is 4.74 Å². The van der Waals surface area contributed by atoms with Crippen LogP contribution in [0.1, 0.15) is 54.7 Å². The van der Waals surface area contributed by atoms with Crippen LogP contribution >= 0.6 is 0 Å². The van der Waals surface area contributed by atoms with Crippen LogP contribution < -0.4 is 10.6 Å². The Morgan fingerprint density at radius 1 is 1.45 bits per heavy atom. The van der Waals surface area contributed by atoms with Gasteiger partial charge in [-0.3, -0.25) is 4.79 Å². The highest BCUT2D eigenvalue weighted by atomic mass is 16.5. The van der Waals surface area contributed by atoms with Crippen molar-refractivity contribution in [1.29, 1.82) is 0 Å². The SMILES string of the molecule is COC1CCC(NC(=O)c2noc(C3CCCN3)n2)C1. The van der Waals surface area contributed by atoms with Crippen LogP contribution in [-0.4, -0.2) is 41.8 Å². The number of aromatic nitrogens is 2. The van der Waals surface area contributed by atoms with Crippen molar-refractivity contribution in [3.63, 3.8) is 0 Å². The zero-order valence-corrected chi connectivity index (χ0v) is 11.6. The lowest BCUT2D eigenvalue weighted by Crippen LogP contribution is -2.34. The molecule has 0 radical (unpaired) electrons. The Bertz CT molecular complexity index is 470. The van der Waals surface area contributed by atoms with Gasteiger partial charge in [-0.2, -0.15) is 4.98 Å². The molecular weight excluding hydrogens is 260 g/mol. The van der Waals surface area contributed by atoms with Gasteiger partial charge in [-0.05, 0) is 38.6 Å². The first-order chi connectivity index (χ1) is 9.76. The first-order valence-corrected chi connectivity index (χ1v) is 7.17. The fourth-order valence-corrected chi connectivity index (χ4v) is 2.90. The van der Waals surface area contributed by atoms with Gasteiger partial charge in [-0.25, -0.2) is 0 Å². The fourth-order valence-electron chi connectivity index (χ4n) is 2.90. The molecule has 0 bridgehead atoms. The molecule has 7 nitrogen and oxygen atoms in total. The predicted octanol–water partition coefficient (Wildman–Crippen LogP) is 0.791. The van der Waals surface area contributed by atoms with E-state index in [1.807, 2.05) is 0 Å². The summed E-state index contributed by atoms with van der Waals surface area (Å²) in [5.41, 5.74) is 0. The van der Waals surface area contributed by atoms with Crippen molar-refractivity contribution in [3.8, 4) is 0 Å². The molecule has 20 heavy (non-hydrogen) atoms. The molecule has 0 spiro atoms. The molecule has 2 aliphatic rings. The van der Waals surface area contributed by atoms with E-state index in [1.165, 1.54) is 0 Å². The standard InChI is InChI=1S/C13H20N4O3/c1-19-9-5-4-8(7-9)15-12(18)11-16-13(20-17-11)10-3-2-6-14-10/h8-10,14H,2-7H2,1H3,(H,15,18). The van der Waals surface area contributed by atoms with Crippen LogP contribution in [0.2, 0.25) is 0 Å². The number of hydrogen-bond donors (Lipinski definition) is 2. The summed E-state index contributed by atoms with van der Waals surface area (Å²) in [5.74, 6) is 0.364. The predicted molar refractivity (Wildman–Crippen MR) is 70.2 cm³/mol. The maximum absolute atomic E-state index is 12.1. The average molecular weight is 280 g/mol. The van der Waals surface area contributed by atoms with Crippen LogP contribution in [0.4, 0.5) is 0 Å². The molecule has 1 aliphatic heterocycles. The lowest BCUT2D eigenvalue weighted by atomic mass is 10.2. The minimum absolute atomic E-state index is 0.0911. The number of methoxy groups -OCH3 is 1. The number of hydrogen-bond acceptors (Lipinski definition) is 6. The van der Waals surface area contributed by atoms with E-state index >= 15 is 0 Å². The topological polar surface area (TPSA) is 89.3 Å². The second-order valence-electron chi connectivity index (χ2n) is 5.45. The first-order valence-electron chi connectivity index (χ1n) is 7.17. The monoisotopic (exact) mass is 280 g/mol. The molecule has 3 unspecified atom stereocenters. The second kappa shape index (κ2) is 5.88. The van der Waals surface area contributed by atoms with Crippen molar-refractivity contribution in [2.45, 2.75) is 50.3 Å². The van der Waals surface area contributed by atoms with Gasteiger partial charge in [-0.15, -0.1) is 0 Å². The van der Waals surface area contributed by atoms with Crippen molar-refractivity contribution >= 4 is 5.91 Å². The normalized spacial score (nSPS) is 29.8. The molecule has 3 rings (SSSR count). The Balaban J connectivity index is 1.57. The van der Waals surface area contributed by atoms with E-state index in [4.69, 9.17) is 9.26 Å². The summed E-state index contributed by atoms with van der Waals surface area (Å²) in [4.78, 5) is 16.3. The maximum atomic E-state index is 12.1. The van der Waals surface area contributed by atoms with Crippen LogP contribution in [0.5, 0.6) is 0 Å². The molecule has 2 N–H and O–H groups in total. The Hall–Kier alpha value is -1.47. The van der Waals surface area contributed by atoms with Crippen LogP contribution in [0, 0.1) is 0 Å². The first kappa shape index (κ1) is 13.5. The molecule has 3 atom stereocenters. The largest absolute Gasteiger partial charge is 0.381 e. The Morgan fingerprint density at radius 2 is 2.35 bits per heavy atom. The van der Waals surface area contributed by atoms with Crippen molar-refractivity contribution in [1.82, 2.24) is 20.8 Å². The summed E-state index contributed by atoms with van der Waals surface area (Å²) in [7, 11) is 1.70. The van der Waals surface area contributed by atoms with E-state index in [-0.39, 0.29) is 29.9 Å². The number of nitrogens with one attached hydrogen (secondary N) is 2. The molecule has 1 aromatic rings. The Morgan fingerprint density at radius 3 is 3.05 bits per heavy atom. The number of rotatable bonds is 4. The highest BCUT2D eigenvalue weighted by Gasteiger charge is 2.28. The third-order valence-electron chi connectivity index (χ3n) is 4.06. The molecule has 1 aliphatic carbocycles. The Labute approximate surface area is 117 Å². The summed E-state index contributed by atoms with van der Waals surface area (Å²) >= 11 is 0. The van der Waals surface area contributed by atoms with Crippen LogP contribution in [0.25, 0.3) is 0 Å². The third-order valence-corrected chi connectivity index (χ3v) is 4.06. The van der Waals surface area contributed by atoms with Gasteiger partial charge < -0.3 is 19.9 Å². The molecule has 110 valence electrons. The average Bonchev–Trinajstić information content (AvgIpc) is 3.19. The minimum atomic E-state index is -0.264. The zero-order valence-electron chi connectivity index (χ0n) is 11.6. The van der Waals surface area contributed by atoms with E-state index < -0.39 is 0 Å². The highest BCUT2D eigenvalue weighted by Crippen LogP contribution is 2.23. The third kappa shape index (κ3) is 2.83. The van der Waals surface area contributed by atoms with Gasteiger partial charge in [0.15, 0.2) is 0 Å². The lowest BCUT2D eigenvalue weighted by Gasteiger charge is -2.10. The summed E-state index contributed by atoms with van der Waals surface area (Å²) < 4.78 is 10.5. The van der Waals surface area contributed by atoms with Gasteiger partial charge in [-0.1, -0.05) is 5.16 Å². The van der Waals surface area contributed by atoms with Crippen LogP contribution in [0.15, 0.2) is 4.52 Å². The molecular formula is C13H20N4O3. The minimum Gasteiger partial charge on any atom is -0.381 e. The van der Waals surface area contributed by atoms with Gasteiger partial charge in [0, 0.05) is 13.2 Å². The maximum Gasteiger partial charge on any atom is 0.292 e. The van der Waals surface area contributed by atoms with Gasteiger partial charge in [0.25, 0.3) is 11.7 Å².